The average Bonchev–Trinajstić information content (AvgIpc) is 3.16. The van der Waals surface area contributed by atoms with Crippen molar-refractivity contribution in [2.45, 2.75) is 36.6 Å². The fourth-order valence-corrected chi connectivity index (χ4v) is 6.26. The van der Waals surface area contributed by atoms with E-state index < -0.39 is 10.0 Å². The van der Waals surface area contributed by atoms with Crippen LogP contribution >= 0.6 is 11.3 Å². The number of nitrogens with zero attached hydrogens (tertiary/aromatic N) is 2. The molecule has 1 aliphatic rings. The summed E-state index contributed by atoms with van der Waals surface area (Å²) in [6, 6.07) is 13.6. The fourth-order valence-electron chi connectivity index (χ4n) is 3.69. The van der Waals surface area contributed by atoms with Crippen molar-refractivity contribution in [2.75, 3.05) is 19.0 Å². The molecule has 1 aromatic heterocycles. The number of methoxy groups -OCH3 is 1. The predicted octanol–water partition coefficient (Wildman–Crippen LogP) is 3.88. The van der Waals surface area contributed by atoms with Crippen molar-refractivity contribution >= 4 is 42.6 Å². The normalized spacial score (nSPS) is 17.7. The molecule has 0 bridgehead atoms. The first kappa shape index (κ1) is 20.8. The predicted molar refractivity (Wildman–Crippen MR) is 117 cm³/mol. The standard InChI is InChI=1S/C21H23N3O4S2/c1-28-16-9-11-17(12-10-16)30(26,27)24-13-5-4-6-15(24)14-20(25)23-21-22-18-7-2-3-8-19(18)29-21/h2-3,7-12,15H,4-6,13-14H2,1H3,(H,22,23,25). The first-order valence-corrected chi connectivity index (χ1v) is 12.0. The van der Waals surface area contributed by atoms with E-state index in [9.17, 15) is 13.2 Å². The molecule has 3 aromatic rings. The molecule has 1 N–H and O–H groups in total. The molecule has 1 unspecified atom stereocenters. The molecule has 30 heavy (non-hydrogen) atoms. The van der Waals surface area contributed by atoms with Gasteiger partial charge in [0, 0.05) is 19.0 Å². The molecular weight excluding hydrogens is 422 g/mol. The van der Waals surface area contributed by atoms with Crippen LogP contribution < -0.4 is 10.1 Å². The lowest BCUT2D eigenvalue weighted by Gasteiger charge is -2.34. The lowest BCUT2D eigenvalue weighted by atomic mass is 10.0. The number of amides is 1. The molecule has 9 heteroatoms. The number of sulfonamides is 1. The van der Waals surface area contributed by atoms with Crippen LogP contribution in [0, 0.1) is 0 Å². The van der Waals surface area contributed by atoms with Crippen LogP contribution in [0.1, 0.15) is 25.7 Å². The second-order valence-electron chi connectivity index (χ2n) is 7.18. The number of nitrogens with one attached hydrogen (secondary N) is 1. The van der Waals surface area contributed by atoms with Crippen molar-refractivity contribution in [1.82, 2.24) is 9.29 Å². The molecule has 1 aliphatic heterocycles. The Morgan fingerprint density at radius 1 is 1.20 bits per heavy atom. The molecule has 0 radical (unpaired) electrons. The van der Waals surface area contributed by atoms with E-state index in [-0.39, 0.29) is 23.3 Å². The number of para-hydroxylation sites is 1. The second kappa shape index (κ2) is 8.71. The minimum absolute atomic E-state index is 0.102. The van der Waals surface area contributed by atoms with Crippen molar-refractivity contribution in [3.05, 3.63) is 48.5 Å². The largest absolute Gasteiger partial charge is 0.497 e. The minimum atomic E-state index is -3.69. The molecular formula is C21H23N3O4S2. The zero-order chi connectivity index (χ0) is 21.1. The summed E-state index contributed by atoms with van der Waals surface area (Å²) in [7, 11) is -2.15. The second-order valence-corrected chi connectivity index (χ2v) is 10.1. The van der Waals surface area contributed by atoms with E-state index >= 15 is 0 Å². The lowest BCUT2D eigenvalue weighted by Crippen LogP contribution is -2.45. The van der Waals surface area contributed by atoms with E-state index in [0.717, 1.165) is 23.1 Å². The highest BCUT2D eigenvalue weighted by molar-refractivity contribution is 7.89. The van der Waals surface area contributed by atoms with Gasteiger partial charge in [0.25, 0.3) is 0 Å². The Bertz CT molecular complexity index is 1110. The number of rotatable bonds is 6. The Morgan fingerprint density at radius 3 is 2.70 bits per heavy atom. The van der Waals surface area contributed by atoms with Crippen LogP contribution in [-0.2, 0) is 14.8 Å². The maximum atomic E-state index is 13.2. The first-order chi connectivity index (χ1) is 14.5. The number of carbonyl (C=O) groups excluding carboxylic acids is 1. The number of thiazole rings is 1. The van der Waals surface area contributed by atoms with Gasteiger partial charge in [-0.1, -0.05) is 29.9 Å². The molecule has 4 rings (SSSR count). The van der Waals surface area contributed by atoms with Gasteiger partial charge < -0.3 is 10.1 Å². The van der Waals surface area contributed by atoms with E-state index in [1.807, 2.05) is 24.3 Å². The number of ether oxygens (including phenoxy) is 1. The zero-order valence-electron chi connectivity index (χ0n) is 16.6. The highest BCUT2D eigenvalue weighted by atomic mass is 32.2. The Labute approximate surface area is 179 Å². The van der Waals surface area contributed by atoms with Gasteiger partial charge in [0.2, 0.25) is 15.9 Å². The van der Waals surface area contributed by atoms with E-state index in [1.165, 1.54) is 22.8 Å². The smallest absolute Gasteiger partial charge is 0.243 e. The third-order valence-corrected chi connectivity index (χ3v) is 8.12. The van der Waals surface area contributed by atoms with Gasteiger partial charge in [-0.05, 0) is 49.2 Å². The van der Waals surface area contributed by atoms with Gasteiger partial charge in [-0.15, -0.1) is 0 Å². The van der Waals surface area contributed by atoms with Gasteiger partial charge in [0.05, 0.1) is 22.2 Å². The highest BCUT2D eigenvalue weighted by Gasteiger charge is 2.34. The molecule has 1 saturated heterocycles. The van der Waals surface area contributed by atoms with Gasteiger partial charge in [-0.3, -0.25) is 4.79 Å². The molecule has 1 atom stereocenters. The maximum Gasteiger partial charge on any atom is 0.243 e. The summed E-state index contributed by atoms with van der Waals surface area (Å²) in [4.78, 5) is 17.3. The van der Waals surface area contributed by atoms with Crippen LogP contribution in [0.2, 0.25) is 0 Å². The number of hydrogen-bond acceptors (Lipinski definition) is 6. The summed E-state index contributed by atoms with van der Waals surface area (Å²) < 4.78 is 34.0. The first-order valence-electron chi connectivity index (χ1n) is 9.79. The summed E-state index contributed by atoms with van der Waals surface area (Å²) in [6.45, 7) is 0.410. The molecule has 2 aromatic carbocycles. The monoisotopic (exact) mass is 445 g/mol. The summed E-state index contributed by atoms with van der Waals surface area (Å²) in [5.74, 6) is 0.371. The van der Waals surface area contributed by atoms with Crippen LogP contribution in [-0.4, -0.2) is 43.3 Å². The minimum Gasteiger partial charge on any atom is -0.497 e. The van der Waals surface area contributed by atoms with Crippen molar-refractivity contribution in [2.24, 2.45) is 0 Å². The Balaban J connectivity index is 1.49. The maximum absolute atomic E-state index is 13.2. The van der Waals surface area contributed by atoms with Crippen LogP contribution in [0.15, 0.2) is 53.4 Å². The van der Waals surface area contributed by atoms with Gasteiger partial charge in [0.1, 0.15) is 5.75 Å². The molecule has 7 nitrogen and oxygen atoms in total. The molecule has 1 fully saturated rings. The van der Waals surface area contributed by atoms with E-state index in [1.54, 1.807) is 24.3 Å². The number of carbonyl (C=O) groups is 1. The quantitative estimate of drug-likeness (QED) is 0.622. The number of piperidine rings is 1. The van der Waals surface area contributed by atoms with Gasteiger partial charge in [-0.25, -0.2) is 13.4 Å². The Morgan fingerprint density at radius 2 is 1.97 bits per heavy atom. The molecule has 158 valence electrons. The number of fused-ring (bicyclic) bond motifs is 1. The van der Waals surface area contributed by atoms with Crippen LogP contribution in [0.5, 0.6) is 5.75 Å². The van der Waals surface area contributed by atoms with Crippen molar-refractivity contribution in [3.63, 3.8) is 0 Å². The number of hydrogen-bond donors (Lipinski definition) is 1. The van der Waals surface area contributed by atoms with E-state index in [0.29, 0.717) is 23.8 Å². The Hall–Kier alpha value is -2.49. The summed E-state index contributed by atoms with van der Waals surface area (Å²) in [5, 5.41) is 3.37. The number of aromatic nitrogens is 1. The van der Waals surface area contributed by atoms with Gasteiger partial charge >= 0.3 is 0 Å². The topological polar surface area (TPSA) is 88.6 Å². The van der Waals surface area contributed by atoms with Crippen molar-refractivity contribution in [1.29, 1.82) is 0 Å². The lowest BCUT2D eigenvalue weighted by molar-refractivity contribution is -0.117. The van der Waals surface area contributed by atoms with Crippen LogP contribution in [0.25, 0.3) is 10.2 Å². The fraction of sp³-hybridized carbons (Fsp3) is 0.333. The molecule has 0 saturated carbocycles. The van der Waals surface area contributed by atoms with Gasteiger partial charge in [0.15, 0.2) is 5.13 Å². The molecule has 1 amide bonds. The third-order valence-electron chi connectivity index (χ3n) is 5.20. The average molecular weight is 446 g/mol. The van der Waals surface area contributed by atoms with E-state index in [4.69, 9.17) is 4.74 Å². The van der Waals surface area contributed by atoms with Crippen molar-refractivity contribution in [3.8, 4) is 5.75 Å². The zero-order valence-corrected chi connectivity index (χ0v) is 18.2. The molecule has 0 spiro atoms. The van der Waals surface area contributed by atoms with Crippen LogP contribution in [0.4, 0.5) is 5.13 Å². The summed E-state index contributed by atoms with van der Waals surface area (Å²) in [6.07, 6.45) is 2.44. The number of benzene rings is 2. The van der Waals surface area contributed by atoms with Gasteiger partial charge in [-0.2, -0.15) is 4.31 Å². The highest BCUT2D eigenvalue weighted by Crippen LogP contribution is 2.29. The SMILES string of the molecule is COc1ccc(S(=O)(=O)N2CCCCC2CC(=O)Nc2nc3ccccc3s2)cc1. The van der Waals surface area contributed by atoms with E-state index in [2.05, 4.69) is 10.3 Å². The molecule has 0 aliphatic carbocycles. The summed E-state index contributed by atoms with van der Waals surface area (Å²) >= 11 is 1.41. The number of anilines is 1. The van der Waals surface area contributed by atoms with Crippen LogP contribution in [0.3, 0.4) is 0 Å². The third kappa shape index (κ3) is 4.33. The molecule has 2 heterocycles. The van der Waals surface area contributed by atoms with Crippen molar-refractivity contribution < 1.29 is 17.9 Å². The summed E-state index contributed by atoms with van der Waals surface area (Å²) in [5.41, 5.74) is 0.833. The Kier molecular flexibility index (Phi) is 6.03.